The van der Waals surface area contributed by atoms with Crippen LogP contribution in [0, 0.1) is 0 Å². The van der Waals surface area contributed by atoms with Crippen LogP contribution in [0.5, 0.6) is 0 Å². The van der Waals surface area contributed by atoms with Gasteiger partial charge in [-0.05, 0) is 32.4 Å². The van der Waals surface area contributed by atoms with Gasteiger partial charge in [0.25, 0.3) is 0 Å². The fraction of sp³-hybridized carbons (Fsp3) is 0.955. The van der Waals surface area contributed by atoms with Crippen molar-refractivity contribution >= 4 is 34.5 Å². The van der Waals surface area contributed by atoms with Crippen molar-refractivity contribution in [3.05, 3.63) is 0 Å². The molecule has 0 aromatic carbocycles. The largest absolute Gasteiger partial charge is 0.465 e. The Morgan fingerprint density at radius 2 is 1.00 bits per heavy atom. The van der Waals surface area contributed by atoms with E-state index in [2.05, 4.69) is 28.6 Å². The summed E-state index contributed by atoms with van der Waals surface area (Å²) >= 11 is 7.57. The molecule has 0 saturated heterocycles. The van der Waals surface area contributed by atoms with E-state index in [1.165, 1.54) is 96.3 Å². The zero-order valence-corrected chi connectivity index (χ0v) is 19.9. The minimum atomic E-state index is -0.556. The lowest BCUT2D eigenvalue weighted by Crippen LogP contribution is -2.26. The number of carbonyl (C=O) groups is 1. The summed E-state index contributed by atoms with van der Waals surface area (Å²) in [6, 6.07) is 0. The van der Waals surface area contributed by atoms with Crippen molar-refractivity contribution in [2.45, 2.75) is 121 Å². The number of esters is 1. The molecule has 0 aromatic rings. The summed E-state index contributed by atoms with van der Waals surface area (Å²) in [6.07, 6.45) is 21.5. The number of thiol groups is 1. The van der Waals surface area contributed by atoms with Crippen molar-refractivity contribution in [2.75, 3.05) is 12.4 Å². The molecule has 0 rings (SSSR count). The molecule has 0 aromatic heterocycles. The molecule has 4 heteroatoms. The highest BCUT2D eigenvalue weighted by atomic mass is 79.9. The van der Waals surface area contributed by atoms with Crippen LogP contribution in [-0.2, 0) is 9.53 Å². The van der Waals surface area contributed by atoms with Crippen LogP contribution in [0.4, 0.5) is 0 Å². The number of carbonyl (C=O) groups excluding carboxylic acids is 1. The van der Waals surface area contributed by atoms with Gasteiger partial charge in [0, 0.05) is 0 Å². The van der Waals surface area contributed by atoms with E-state index in [9.17, 15) is 4.79 Å². The highest BCUT2D eigenvalue weighted by molar-refractivity contribution is 9.10. The van der Waals surface area contributed by atoms with Crippen molar-refractivity contribution in [1.29, 1.82) is 0 Å². The molecule has 0 radical (unpaired) electrons. The maximum absolute atomic E-state index is 11.6. The summed E-state index contributed by atoms with van der Waals surface area (Å²) in [5.41, 5.74) is 0. The Morgan fingerprint density at radius 1 is 0.692 bits per heavy atom. The fourth-order valence-corrected chi connectivity index (χ4v) is 3.36. The Hall–Kier alpha value is 0.300. The predicted octanol–water partition coefficient (Wildman–Crippen LogP) is 7.87. The van der Waals surface area contributed by atoms with Crippen LogP contribution < -0.4 is 0 Å². The van der Waals surface area contributed by atoms with Gasteiger partial charge in [-0.25, -0.2) is 0 Å². The van der Waals surface area contributed by atoms with E-state index < -0.39 is 4.32 Å². The Morgan fingerprint density at radius 3 is 1.31 bits per heavy atom. The van der Waals surface area contributed by atoms with E-state index in [0.29, 0.717) is 6.61 Å². The SMILES string of the molecule is CC(C)(Br)C(=O)OCCCCCCCCCCCCCCCCCCS. The molecule has 0 aliphatic carbocycles. The summed E-state index contributed by atoms with van der Waals surface area (Å²) in [4.78, 5) is 11.6. The van der Waals surface area contributed by atoms with E-state index in [-0.39, 0.29) is 5.97 Å². The van der Waals surface area contributed by atoms with Gasteiger partial charge in [-0.3, -0.25) is 4.79 Å². The minimum Gasteiger partial charge on any atom is -0.465 e. The lowest BCUT2D eigenvalue weighted by atomic mass is 10.0. The van der Waals surface area contributed by atoms with Gasteiger partial charge in [0.2, 0.25) is 0 Å². The molecule has 0 amide bonds. The molecular weight excluding hydrogens is 408 g/mol. The summed E-state index contributed by atoms with van der Waals surface area (Å²) < 4.78 is 4.69. The number of unbranched alkanes of at least 4 members (excludes halogenated alkanes) is 15. The van der Waals surface area contributed by atoms with Crippen LogP contribution in [0.25, 0.3) is 0 Å². The number of rotatable bonds is 19. The lowest BCUT2D eigenvalue weighted by molar-refractivity contribution is -0.145. The summed E-state index contributed by atoms with van der Waals surface area (Å²) in [5, 5.41) is 0. The monoisotopic (exact) mass is 450 g/mol. The van der Waals surface area contributed by atoms with Crippen molar-refractivity contribution in [3.63, 3.8) is 0 Å². The maximum Gasteiger partial charge on any atom is 0.322 e. The fourth-order valence-electron chi connectivity index (χ4n) is 3.03. The van der Waals surface area contributed by atoms with Crippen LogP contribution in [0.3, 0.4) is 0 Å². The van der Waals surface area contributed by atoms with E-state index in [1.54, 1.807) is 0 Å². The van der Waals surface area contributed by atoms with Gasteiger partial charge in [-0.2, -0.15) is 12.6 Å². The van der Waals surface area contributed by atoms with Gasteiger partial charge >= 0.3 is 5.97 Å². The van der Waals surface area contributed by atoms with Crippen LogP contribution in [0.15, 0.2) is 0 Å². The third-order valence-electron chi connectivity index (χ3n) is 4.77. The molecule has 0 fully saturated rings. The molecular formula is C22H43BrO2S. The molecule has 0 atom stereocenters. The van der Waals surface area contributed by atoms with Crippen LogP contribution in [0.2, 0.25) is 0 Å². The Labute approximate surface area is 177 Å². The summed E-state index contributed by atoms with van der Waals surface area (Å²) in [7, 11) is 0. The Bertz CT molecular complexity index is 316. The zero-order valence-electron chi connectivity index (χ0n) is 17.4. The van der Waals surface area contributed by atoms with Gasteiger partial charge in [0.1, 0.15) is 4.32 Å². The first-order chi connectivity index (χ1) is 12.5. The summed E-state index contributed by atoms with van der Waals surface area (Å²) in [6.45, 7) is 4.20. The number of hydrogen-bond acceptors (Lipinski definition) is 3. The molecule has 156 valence electrons. The lowest BCUT2D eigenvalue weighted by Gasteiger charge is -2.14. The smallest absolute Gasteiger partial charge is 0.322 e. The molecule has 2 nitrogen and oxygen atoms in total. The second-order valence-corrected chi connectivity index (χ2v) is 10.4. The average Bonchev–Trinajstić information content (AvgIpc) is 2.59. The number of hydrogen-bond donors (Lipinski definition) is 1. The molecule has 26 heavy (non-hydrogen) atoms. The molecule has 0 spiro atoms. The van der Waals surface area contributed by atoms with Gasteiger partial charge in [-0.15, -0.1) is 0 Å². The molecule has 0 aliphatic rings. The zero-order chi connectivity index (χ0) is 19.5. The van der Waals surface area contributed by atoms with Gasteiger partial charge in [0.15, 0.2) is 0 Å². The second-order valence-electron chi connectivity index (χ2n) is 7.99. The van der Waals surface area contributed by atoms with Crippen molar-refractivity contribution in [3.8, 4) is 0 Å². The quantitative estimate of drug-likeness (QED) is 0.0936. The average molecular weight is 452 g/mol. The van der Waals surface area contributed by atoms with E-state index in [1.807, 2.05) is 13.8 Å². The topological polar surface area (TPSA) is 26.3 Å². The molecule has 0 N–H and O–H groups in total. The first-order valence-electron chi connectivity index (χ1n) is 11.0. The second kappa shape index (κ2) is 18.7. The minimum absolute atomic E-state index is 0.161. The van der Waals surface area contributed by atoms with E-state index in [4.69, 9.17) is 4.74 Å². The summed E-state index contributed by atoms with van der Waals surface area (Å²) in [5.74, 6) is 0.886. The third-order valence-corrected chi connectivity index (χ3v) is 5.41. The predicted molar refractivity (Wildman–Crippen MR) is 122 cm³/mol. The van der Waals surface area contributed by atoms with E-state index >= 15 is 0 Å². The van der Waals surface area contributed by atoms with Crippen molar-refractivity contribution < 1.29 is 9.53 Å². The standard InChI is InChI=1S/C22H43BrO2S/c1-22(2,23)21(24)25-19-17-15-13-11-9-7-5-3-4-6-8-10-12-14-16-18-20-26/h26H,3-20H2,1-2H3. The van der Waals surface area contributed by atoms with E-state index in [0.717, 1.165) is 12.2 Å². The number of halogens is 1. The molecule has 0 bridgehead atoms. The van der Waals surface area contributed by atoms with Crippen LogP contribution in [-0.4, -0.2) is 22.7 Å². The van der Waals surface area contributed by atoms with Crippen LogP contribution in [0.1, 0.15) is 117 Å². The first kappa shape index (κ1) is 26.3. The van der Waals surface area contributed by atoms with Crippen molar-refractivity contribution in [1.82, 2.24) is 0 Å². The molecule has 0 heterocycles. The first-order valence-corrected chi connectivity index (χ1v) is 12.4. The Balaban J connectivity index is 3.10. The van der Waals surface area contributed by atoms with Crippen molar-refractivity contribution in [2.24, 2.45) is 0 Å². The van der Waals surface area contributed by atoms with Gasteiger partial charge in [0.05, 0.1) is 6.61 Å². The van der Waals surface area contributed by atoms with Gasteiger partial charge < -0.3 is 4.74 Å². The van der Waals surface area contributed by atoms with Crippen LogP contribution >= 0.6 is 28.6 Å². The maximum atomic E-state index is 11.6. The van der Waals surface area contributed by atoms with Gasteiger partial charge in [-0.1, -0.05) is 106 Å². The molecule has 0 saturated carbocycles. The highest BCUT2D eigenvalue weighted by Gasteiger charge is 2.24. The number of ether oxygens (including phenoxy) is 1. The highest BCUT2D eigenvalue weighted by Crippen LogP contribution is 2.18. The Kier molecular flexibility index (Phi) is 18.9. The molecule has 0 unspecified atom stereocenters. The third kappa shape index (κ3) is 19.1. The molecule has 0 aliphatic heterocycles. The number of alkyl halides is 1. The normalized spacial score (nSPS) is 11.7.